The summed E-state index contributed by atoms with van der Waals surface area (Å²) in [6, 6.07) is 0. The summed E-state index contributed by atoms with van der Waals surface area (Å²) in [7, 11) is 1.69. The summed E-state index contributed by atoms with van der Waals surface area (Å²) < 4.78 is 5.06. The van der Waals surface area contributed by atoms with Crippen molar-refractivity contribution in [1.82, 2.24) is 5.32 Å². The van der Waals surface area contributed by atoms with Gasteiger partial charge in [-0.2, -0.15) is 0 Å². The first-order valence-corrected chi connectivity index (χ1v) is 6.30. The summed E-state index contributed by atoms with van der Waals surface area (Å²) in [6.07, 6.45) is 0.929. The van der Waals surface area contributed by atoms with Gasteiger partial charge in [-0.25, -0.2) is 0 Å². The highest BCUT2D eigenvalue weighted by Gasteiger charge is 2.23. The van der Waals surface area contributed by atoms with E-state index in [-0.39, 0.29) is 23.2 Å². The molecule has 1 amide bonds. The number of hydrogen-bond acceptors (Lipinski definition) is 3. The van der Waals surface area contributed by atoms with E-state index in [1.165, 1.54) is 0 Å². The van der Waals surface area contributed by atoms with Crippen LogP contribution < -0.4 is 11.1 Å². The number of ether oxygens (including phenoxy) is 1. The second-order valence-electron chi connectivity index (χ2n) is 5.71. The van der Waals surface area contributed by atoms with Gasteiger partial charge in [0.1, 0.15) is 0 Å². The van der Waals surface area contributed by atoms with Gasteiger partial charge in [0.15, 0.2) is 0 Å². The van der Waals surface area contributed by atoms with E-state index in [4.69, 9.17) is 10.5 Å². The summed E-state index contributed by atoms with van der Waals surface area (Å²) in [5.41, 5.74) is 5.67. The molecule has 0 radical (unpaired) electrons. The van der Waals surface area contributed by atoms with Crippen LogP contribution in [0.15, 0.2) is 0 Å². The number of nitrogens with one attached hydrogen (secondary N) is 1. The van der Waals surface area contributed by atoms with Crippen molar-refractivity contribution >= 4 is 5.91 Å². The molecule has 0 aromatic carbocycles. The highest BCUT2D eigenvalue weighted by atomic mass is 16.5. The Kier molecular flexibility index (Phi) is 7.39. The SMILES string of the molecule is COCCC(C)(C)CNC(=O)C(CN)C(C)C. The Morgan fingerprint density at radius 1 is 1.41 bits per heavy atom. The molecule has 0 rings (SSSR count). The van der Waals surface area contributed by atoms with Crippen molar-refractivity contribution in [3.63, 3.8) is 0 Å². The second kappa shape index (κ2) is 7.67. The van der Waals surface area contributed by atoms with Crippen molar-refractivity contribution in [3.05, 3.63) is 0 Å². The first-order chi connectivity index (χ1) is 7.84. The van der Waals surface area contributed by atoms with Crippen LogP contribution in [0.3, 0.4) is 0 Å². The predicted octanol–water partition coefficient (Wildman–Crippen LogP) is 1.40. The van der Waals surface area contributed by atoms with Crippen molar-refractivity contribution in [3.8, 4) is 0 Å². The monoisotopic (exact) mass is 244 g/mol. The molecule has 0 aliphatic carbocycles. The van der Waals surface area contributed by atoms with Gasteiger partial charge in [-0.3, -0.25) is 4.79 Å². The van der Waals surface area contributed by atoms with Gasteiger partial charge >= 0.3 is 0 Å². The van der Waals surface area contributed by atoms with Crippen molar-refractivity contribution in [2.45, 2.75) is 34.1 Å². The molecule has 1 atom stereocenters. The first-order valence-electron chi connectivity index (χ1n) is 6.30. The fourth-order valence-electron chi connectivity index (χ4n) is 1.61. The molecular weight excluding hydrogens is 216 g/mol. The van der Waals surface area contributed by atoms with Crippen molar-refractivity contribution in [2.24, 2.45) is 23.0 Å². The summed E-state index contributed by atoms with van der Waals surface area (Å²) in [5, 5.41) is 2.99. The van der Waals surface area contributed by atoms with Crippen LogP contribution >= 0.6 is 0 Å². The van der Waals surface area contributed by atoms with E-state index in [2.05, 4.69) is 19.2 Å². The van der Waals surface area contributed by atoms with E-state index < -0.39 is 0 Å². The van der Waals surface area contributed by atoms with Crippen LogP contribution in [0.5, 0.6) is 0 Å². The number of carbonyl (C=O) groups excluding carboxylic acids is 1. The van der Waals surface area contributed by atoms with Crippen molar-refractivity contribution in [1.29, 1.82) is 0 Å². The van der Waals surface area contributed by atoms with Crippen LogP contribution in [0.25, 0.3) is 0 Å². The van der Waals surface area contributed by atoms with Gasteiger partial charge in [-0.1, -0.05) is 27.7 Å². The molecule has 1 unspecified atom stereocenters. The van der Waals surface area contributed by atoms with Gasteiger partial charge in [-0.05, 0) is 17.8 Å². The van der Waals surface area contributed by atoms with Crippen LogP contribution in [0.1, 0.15) is 34.1 Å². The van der Waals surface area contributed by atoms with Crippen LogP contribution in [0, 0.1) is 17.3 Å². The van der Waals surface area contributed by atoms with Gasteiger partial charge in [-0.15, -0.1) is 0 Å². The third-order valence-electron chi connectivity index (χ3n) is 3.12. The molecule has 0 saturated heterocycles. The Hall–Kier alpha value is -0.610. The zero-order valence-electron chi connectivity index (χ0n) is 11.9. The lowest BCUT2D eigenvalue weighted by molar-refractivity contribution is -0.126. The van der Waals surface area contributed by atoms with E-state index >= 15 is 0 Å². The van der Waals surface area contributed by atoms with E-state index in [1.807, 2.05) is 13.8 Å². The number of nitrogens with two attached hydrogens (primary N) is 1. The van der Waals surface area contributed by atoms with Gasteiger partial charge in [0.2, 0.25) is 5.91 Å². The molecular formula is C13H28N2O2. The molecule has 3 N–H and O–H groups in total. The zero-order chi connectivity index (χ0) is 13.5. The molecule has 4 nitrogen and oxygen atoms in total. The summed E-state index contributed by atoms with van der Waals surface area (Å²) >= 11 is 0. The number of methoxy groups -OCH3 is 1. The first kappa shape index (κ1) is 16.4. The van der Waals surface area contributed by atoms with Crippen LogP contribution in [0.4, 0.5) is 0 Å². The molecule has 0 heterocycles. The average molecular weight is 244 g/mol. The van der Waals surface area contributed by atoms with E-state index in [0.29, 0.717) is 19.7 Å². The Labute approximate surface area is 105 Å². The lowest BCUT2D eigenvalue weighted by atomic mass is 9.89. The molecule has 0 fully saturated rings. The lowest BCUT2D eigenvalue weighted by Gasteiger charge is -2.26. The highest BCUT2D eigenvalue weighted by Crippen LogP contribution is 2.19. The molecule has 0 bridgehead atoms. The molecule has 102 valence electrons. The molecule has 4 heteroatoms. The largest absolute Gasteiger partial charge is 0.385 e. The smallest absolute Gasteiger partial charge is 0.224 e. The van der Waals surface area contributed by atoms with Crippen molar-refractivity contribution in [2.75, 3.05) is 26.8 Å². The number of rotatable bonds is 8. The van der Waals surface area contributed by atoms with Crippen molar-refractivity contribution < 1.29 is 9.53 Å². The minimum absolute atomic E-state index is 0.0573. The summed E-state index contributed by atoms with van der Waals surface area (Å²) in [5.74, 6) is 0.253. The maximum atomic E-state index is 11.9. The highest BCUT2D eigenvalue weighted by molar-refractivity contribution is 5.79. The lowest BCUT2D eigenvalue weighted by Crippen LogP contribution is -2.42. The fourth-order valence-corrected chi connectivity index (χ4v) is 1.61. The standard InChI is InChI=1S/C13H28N2O2/c1-10(2)11(8-14)12(16)15-9-13(3,4)6-7-17-5/h10-11H,6-9,14H2,1-5H3,(H,15,16). The minimum Gasteiger partial charge on any atom is -0.385 e. The molecule has 0 aromatic heterocycles. The predicted molar refractivity (Wildman–Crippen MR) is 70.7 cm³/mol. The molecule has 0 spiro atoms. The second-order valence-corrected chi connectivity index (χ2v) is 5.71. The van der Waals surface area contributed by atoms with Gasteiger partial charge < -0.3 is 15.8 Å². The molecule has 0 aromatic rings. The molecule has 0 saturated carbocycles. The summed E-state index contributed by atoms with van der Waals surface area (Å²) in [4.78, 5) is 11.9. The van der Waals surface area contributed by atoms with E-state index in [9.17, 15) is 4.79 Å². The Bertz CT molecular complexity index is 227. The Morgan fingerprint density at radius 2 is 2.00 bits per heavy atom. The number of carbonyl (C=O) groups is 1. The topological polar surface area (TPSA) is 64.3 Å². The summed E-state index contributed by atoms with van der Waals surface area (Å²) in [6.45, 7) is 10.1. The van der Waals surface area contributed by atoms with Crippen LogP contribution in [0.2, 0.25) is 0 Å². The zero-order valence-corrected chi connectivity index (χ0v) is 11.9. The van der Waals surface area contributed by atoms with Gasteiger partial charge in [0.05, 0.1) is 5.92 Å². The Balaban J connectivity index is 4.13. The maximum Gasteiger partial charge on any atom is 0.224 e. The average Bonchev–Trinajstić information content (AvgIpc) is 2.24. The number of hydrogen-bond donors (Lipinski definition) is 2. The van der Waals surface area contributed by atoms with Crippen LogP contribution in [-0.2, 0) is 9.53 Å². The molecule has 0 aliphatic heterocycles. The van der Waals surface area contributed by atoms with E-state index in [0.717, 1.165) is 6.42 Å². The third kappa shape index (κ3) is 6.64. The number of amides is 1. The van der Waals surface area contributed by atoms with Gasteiger partial charge in [0.25, 0.3) is 0 Å². The third-order valence-corrected chi connectivity index (χ3v) is 3.12. The minimum atomic E-state index is -0.0896. The fraction of sp³-hybridized carbons (Fsp3) is 0.923. The van der Waals surface area contributed by atoms with E-state index in [1.54, 1.807) is 7.11 Å². The molecule has 0 aliphatic rings. The molecule has 17 heavy (non-hydrogen) atoms. The van der Waals surface area contributed by atoms with Crippen LogP contribution in [-0.4, -0.2) is 32.7 Å². The normalized spacial score (nSPS) is 13.8. The maximum absolute atomic E-state index is 11.9. The Morgan fingerprint density at radius 3 is 2.41 bits per heavy atom. The quantitative estimate of drug-likeness (QED) is 0.678. The van der Waals surface area contributed by atoms with Gasteiger partial charge in [0, 0.05) is 26.8 Å².